The van der Waals surface area contributed by atoms with Gasteiger partial charge in [0.1, 0.15) is 22.2 Å². The summed E-state index contributed by atoms with van der Waals surface area (Å²) in [5, 5.41) is 4.50. The molecule has 0 spiro atoms. The maximum Gasteiger partial charge on any atom is 0.345 e. The maximum absolute atomic E-state index is 13.5. The Morgan fingerprint density at radius 3 is 2.69 bits per heavy atom. The normalized spacial score (nSPS) is 15.5. The first-order valence-corrected chi connectivity index (χ1v) is 12.6. The highest BCUT2D eigenvalue weighted by Crippen LogP contribution is 2.25. The van der Waals surface area contributed by atoms with E-state index in [2.05, 4.69) is 19.6 Å². The minimum atomic E-state index is -4.16. The smallest absolute Gasteiger partial charge is 0.321 e. The van der Waals surface area contributed by atoms with E-state index in [9.17, 15) is 17.6 Å². The number of aromatic nitrogens is 1. The van der Waals surface area contributed by atoms with Crippen molar-refractivity contribution in [1.29, 1.82) is 0 Å². The number of amides is 1. The number of carbonyl (C=O) groups excluding carboxylic acids is 1. The van der Waals surface area contributed by atoms with E-state index in [1.165, 1.54) is 35.7 Å². The van der Waals surface area contributed by atoms with Crippen LogP contribution in [0.4, 0.5) is 10.1 Å². The number of allylic oxidation sites excluding steroid dienone is 1. The predicted octanol–water partition coefficient (Wildman–Crippen LogP) is 3.54. The van der Waals surface area contributed by atoms with Gasteiger partial charge in [0.15, 0.2) is 0 Å². The number of rotatable bonds is 9. The van der Waals surface area contributed by atoms with E-state index in [4.69, 9.17) is 11.6 Å². The Kier molecular flexibility index (Phi) is 7.99. The lowest BCUT2D eigenvalue weighted by Gasteiger charge is -2.28. The van der Waals surface area contributed by atoms with Crippen molar-refractivity contribution in [3.05, 3.63) is 57.4 Å². The van der Waals surface area contributed by atoms with Crippen LogP contribution in [0.2, 0.25) is 5.02 Å². The third kappa shape index (κ3) is 5.71. The summed E-state index contributed by atoms with van der Waals surface area (Å²) in [5.74, 6) is -1.30. The van der Waals surface area contributed by atoms with Crippen LogP contribution in [0.5, 0.6) is 0 Å². The van der Waals surface area contributed by atoms with Gasteiger partial charge in [-0.2, -0.15) is 8.42 Å². The second-order valence-electron chi connectivity index (χ2n) is 6.86. The zero-order valence-corrected chi connectivity index (χ0v) is 20.0. The molecule has 2 aromatic rings. The molecule has 12 heteroatoms. The number of thiazole rings is 1. The quantitative estimate of drug-likeness (QED) is 0.569. The van der Waals surface area contributed by atoms with Crippen molar-refractivity contribution in [2.24, 2.45) is 4.40 Å². The largest absolute Gasteiger partial charge is 0.345 e. The van der Waals surface area contributed by atoms with Gasteiger partial charge in [0.25, 0.3) is 5.91 Å². The number of nitrogens with zero attached hydrogens (tertiary/aromatic N) is 4. The van der Waals surface area contributed by atoms with Crippen LogP contribution in [0, 0.1) is 5.82 Å². The molecule has 3 rings (SSSR count). The minimum Gasteiger partial charge on any atom is -0.321 e. The van der Waals surface area contributed by atoms with E-state index < -0.39 is 21.9 Å². The molecule has 1 aromatic heterocycles. The molecule has 172 valence electrons. The van der Waals surface area contributed by atoms with Gasteiger partial charge in [-0.25, -0.2) is 13.7 Å². The second-order valence-corrected chi connectivity index (χ2v) is 9.68. The van der Waals surface area contributed by atoms with E-state index >= 15 is 0 Å². The molecule has 0 fully saturated rings. The number of benzene rings is 1. The first kappa shape index (κ1) is 24.3. The lowest BCUT2D eigenvalue weighted by molar-refractivity contribution is -0.113. The monoisotopic (exact) mass is 499 g/mol. The standard InChI is InChI=1S/C20H23ClFN5O3S2/c1-3-26(4-2)9-5-10-27-18(19(28)24-14-6-7-16(22)15(21)12-14)13-17(25-32(27,29)30)20-23-8-11-31-20/h6-8,11-13H,3-5,9-10H2,1-2H3,(H,24,28). The van der Waals surface area contributed by atoms with Gasteiger partial charge in [0.2, 0.25) is 0 Å². The van der Waals surface area contributed by atoms with Crippen LogP contribution < -0.4 is 5.32 Å². The summed E-state index contributed by atoms with van der Waals surface area (Å²) in [5.41, 5.74) is 0.230. The summed E-state index contributed by atoms with van der Waals surface area (Å²) in [4.78, 5) is 19.3. The third-order valence-corrected chi connectivity index (χ3v) is 7.27. The molecule has 1 aliphatic heterocycles. The van der Waals surface area contributed by atoms with Crippen molar-refractivity contribution in [2.75, 3.05) is 31.5 Å². The van der Waals surface area contributed by atoms with Crippen molar-refractivity contribution in [1.82, 2.24) is 14.2 Å². The van der Waals surface area contributed by atoms with E-state index in [0.717, 1.165) is 23.5 Å². The van der Waals surface area contributed by atoms with Crippen molar-refractivity contribution in [3.63, 3.8) is 0 Å². The summed E-state index contributed by atoms with van der Waals surface area (Å²) in [6, 6.07) is 3.72. The fraction of sp³-hybridized carbons (Fsp3) is 0.350. The highest BCUT2D eigenvalue weighted by atomic mass is 35.5. The zero-order valence-electron chi connectivity index (χ0n) is 17.6. The Balaban J connectivity index is 1.90. The number of anilines is 1. The molecule has 0 saturated carbocycles. The van der Waals surface area contributed by atoms with Crippen LogP contribution in [0.15, 0.2) is 45.9 Å². The average Bonchev–Trinajstić information content (AvgIpc) is 3.29. The number of halogens is 2. The maximum atomic E-state index is 13.5. The lowest BCUT2D eigenvalue weighted by atomic mass is 10.2. The van der Waals surface area contributed by atoms with Gasteiger partial charge in [0, 0.05) is 23.8 Å². The number of nitrogens with one attached hydrogen (secondary N) is 1. The van der Waals surface area contributed by atoms with Gasteiger partial charge >= 0.3 is 10.2 Å². The van der Waals surface area contributed by atoms with Crippen LogP contribution in [0.25, 0.3) is 0 Å². The first-order chi connectivity index (χ1) is 15.2. The molecule has 2 heterocycles. The second kappa shape index (κ2) is 10.5. The molecule has 1 N–H and O–H groups in total. The number of hydrogen-bond acceptors (Lipinski definition) is 6. The molecule has 8 nitrogen and oxygen atoms in total. The molecular weight excluding hydrogens is 477 g/mol. The molecular formula is C20H23ClFN5O3S2. The number of carbonyl (C=O) groups is 1. The molecule has 0 radical (unpaired) electrons. The predicted molar refractivity (Wildman–Crippen MR) is 125 cm³/mol. The molecule has 0 saturated heterocycles. The Morgan fingerprint density at radius 2 is 2.06 bits per heavy atom. The SMILES string of the molecule is CCN(CC)CCCN1C(C(=O)Nc2ccc(F)c(Cl)c2)=CC(c2nccs2)=NS1(=O)=O. The van der Waals surface area contributed by atoms with Crippen LogP contribution in [-0.2, 0) is 15.0 Å². The van der Waals surface area contributed by atoms with Crippen molar-refractivity contribution >= 4 is 50.5 Å². The fourth-order valence-corrected chi connectivity index (χ4v) is 5.20. The van der Waals surface area contributed by atoms with Crippen molar-refractivity contribution in [2.45, 2.75) is 20.3 Å². The molecule has 1 aromatic carbocycles. The van der Waals surface area contributed by atoms with Crippen molar-refractivity contribution < 1.29 is 17.6 Å². The average molecular weight is 500 g/mol. The molecule has 0 bridgehead atoms. The zero-order chi connectivity index (χ0) is 23.3. The summed E-state index contributed by atoms with van der Waals surface area (Å²) in [6.45, 7) is 6.48. The van der Waals surface area contributed by atoms with Gasteiger partial charge in [-0.1, -0.05) is 25.4 Å². The number of hydrogen-bond donors (Lipinski definition) is 1. The first-order valence-electron chi connectivity index (χ1n) is 9.98. The topological polar surface area (TPSA) is 95.0 Å². The van der Waals surface area contributed by atoms with Crippen LogP contribution in [0.3, 0.4) is 0 Å². The molecule has 1 aliphatic rings. The van der Waals surface area contributed by atoms with Gasteiger partial charge in [0.05, 0.1) is 5.02 Å². The fourth-order valence-electron chi connectivity index (χ4n) is 3.14. The third-order valence-electron chi connectivity index (χ3n) is 4.83. The Morgan fingerprint density at radius 1 is 1.31 bits per heavy atom. The van der Waals surface area contributed by atoms with Crippen LogP contribution in [-0.4, -0.2) is 60.4 Å². The van der Waals surface area contributed by atoms with Crippen LogP contribution in [0.1, 0.15) is 25.3 Å². The molecule has 0 aliphatic carbocycles. The van der Waals surface area contributed by atoms with E-state index in [0.29, 0.717) is 18.0 Å². The van der Waals surface area contributed by atoms with Gasteiger partial charge < -0.3 is 10.2 Å². The highest BCUT2D eigenvalue weighted by Gasteiger charge is 2.33. The summed E-state index contributed by atoms with van der Waals surface area (Å²) >= 11 is 7.01. The van der Waals surface area contributed by atoms with E-state index in [1.54, 1.807) is 5.38 Å². The minimum absolute atomic E-state index is 0.0803. The Bertz CT molecular complexity index is 1130. The lowest BCUT2D eigenvalue weighted by Crippen LogP contribution is -2.40. The van der Waals surface area contributed by atoms with Gasteiger partial charge in [-0.3, -0.25) is 4.79 Å². The van der Waals surface area contributed by atoms with Gasteiger partial charge in [-0.05, 0) is 50.3 Å². The Labute approximate surface area is 195 Å². The molecule has 1 amide bonds. The summed E-state index contributed by atoms with van der Waals surface area (Å²) < 4.78 is 44.3. The van der Waals surface area contributed by atoms with Crippen LogP contribution >= 0.6 is 22.9 Å². The summed E-state index contributed by atoms with van der Waals surface area (Å²) in [6.07, 6.45) is 3.44. The Hall–Kier alpha value is -2.34. The van der Waals surface area contributed by atoms with Crippen molar-refractivity contribution in [3.8, 4) is 0 Å². The molecule has 0 atom stereocenters. The van der Waals surface area contributed by atoms with E-state index in [-0.39, 0.29) is 28.7 Å². The van der Waals surface area contributed by atoms with Gasteiger partial charge in [-0.15, -0.1) is 15.7 Å². The molecule has 0 unspecified atom stereocenters. The highest BCUT2D eigenvalue weighted by molar-refractivity contribution is 7.88. The van der Waals surface area contributed by atoms with E-state index in [1.807, 2.05) is 13.8 Å². The summed E-state index contributed by atoms with van der Waals surface area (Å²) in [7, 11) is -4.16. The molecule has 32 heavy (non-hydrogen) atoms.